The molecule has 1 aromatic carbocycles. The van der Waals surface area contributed by atoms with Gasteiger partial charge >= 0.3 is 6.03 Å². The first-order valence-corrected chi connectivity index (χ1v) is 7.98. The van der Waals surface area contributed by atoms with Gasteiger partial charge in [-0.25, -0.2) is 4.79 Å². The van der Waals surface area contributed by atoms with Crippen molar-refractivity contribution in [1.29, 1.82) is 0 Å². The lowest BCUT2D eigenvalue weighted by Crippen LogP contribution is -2.34. The Bertz CT molecular complexity index is 846. The molecule has 0 unspecified atom stereocenters. The van der Waals surface area contributed by atoms with Crippen molar-refractivity contribution in [1.82, 2.24) is 14.9 Å². The Labute approximate surface area is 139 Å². The Kier molecular flexibility index (Phi) is 3.78. The van der Waals surface area contributed by atoms with Crippen LogP contribution in [0, 0.1) is 0 Å². The van der Waals surface area contributed by atoms with E-state index in [4.69, 9.17) is 4.74 Å². The van der Waals surface area contributed by atoms with E-state index >= 15 is 0 Å². The van der Waals surface area contributed by atoms with E-state index in [-0.39, 0.29) is 12.1 Å². The lowest BCUT2D eigenvalue weighted by Gasteiger charge is -2.18. The standard InChI is InChI=1S/C18H18N4O2/c23-18(21-17-5-1-4-16-15(17)6-9-20-16)22-10-7-14(12-22)24-13-3-2-8-19-11-13/h1-6,8-9,11,14,20H,7,10,12H2,(H,21,23)/t14-/m0/s1. The van der Waals surface area contributed by atoms with Crippen molar-refractivity contribution < 1.29 is 9.53 Å². The van der Waals surface area contributed by atoms with Crippen molar-refractivity contribution in [2.75, 3.05) is 18.4 Å². The molecule has 0 saturated carbocycles. The molecule has 0 aliphatic carbocycles. The topological polar surface area (TPSA) is 70.2 Å². The minimum Gasteiger partial charge on any atom is -0.487 e. The third-order valence-electron chi connectivity index (χ3n) is 4.21. The van der Waals surface area contributed by atoms with Gasteiger partial charge < -0.3 is 19.9 Å². The normalized spacial score (nSPS) is 17.2. The van der Waals surface area contributed by atoms with Crippen LogP contribution in [-0.4, -0.2) is 40.1 Å². The zero-order valence-electron chi connectivity index (χ0n) is 13.1. The van der Waals surface area contributed by atoms with E-state index < -0.39 is 0 Å². The number of hydrogen-bond acceptors (Lipinski definition) is 3. The Morgan fingerprint density at radius 3 is 3.12 bits per heavy atom. The first kappa shape index (κ1) is 14.6. The lowest BCUT2D eigenvalue weighted by molar-refractivity contribution is 0.194. The summed E-state index contributed by atoms with van der Waals surface area (Å²) in [6.45, 7) is 1.25. The molecule has 1 saturated heterocycles. The summed E-state index contributed by atoms with van der Waals surface area (Å²) in [5, 5.41) is 4.00. The van der Waals surface area contributed by atoms with E-state index in [1.807, 2.05) is 42.6 Å². The van der Waals surface area contributed by atoms with E-state index in [9.17, 15) is 4.79 Å². The molecule has 2 aromatic heterocycles. The number of H-pyrrole nitrogens is 1. The highest BCUT2D eigenvalue weighted by molar-refractivity contribution is 6.00. The molecule has 3 heterocycles. The van der Waals surface area contributed by atoms with Crippen LogP contribution >= 0.6 is 0 Å². The number of pyridine rings is 1. The fraction of sp³-hybridized carbons (Fsp3) is 0.222. The average Bonchev–Trinajstić information content (AvgIpc) is 3.25. The highest BCUT2D eigenvalue weighted by Gasteiger charge is 2.28. The summed E-state index contributed by atoms with van der Waals surface area (Å²) in [4.78, 5) is 21.5. The molecule has 1 aliphatic heterocycles. The fourth-order valence-electron chi connectivity index (χ4n) is 3.01. The molecule has 1 fully saturated rings. The molecule has 1 aliphatic rings. The fourth-order valence-corrected chi connectivity index (χ4v) is 3.01. The van der Waals surface area contributed by atoms with Crippen LogP contribution in [0.5, 0.6) is 5.75 Å². The molecular formula is C18H18N4O2. The van der Waals surface area contributed by atoms with Crippen LogP contribution in [0.3, 0.4) is 0 Å². The van der Waals surface area contributed by atoms with E-state index in [0.29, 0.717) is 13.1 Å². The Hall–Kier alpha value is -3.02. The molecule has 6 nitrogen and oxygen atoms in total. The van der Waals surface area contributed by atoms with Crippen molar-refractivity contribution in [3.8, 4) is 5.75 Å². The zero-order valence-corrected chi connectivity index (χ0v) is 13.1. The van der Waals surface area contributed by atoms with Gasteiger partial charge in [-0.3, -0.25) is 4.98 Å². The number of aromatic nitrogens is 2. The third-order valence-corrected chi connectivity index (χ3v) is 4.21. The average molecular weight is 322 g/mol. The molecule has 24 heavy (non-hydrogen) atoms. The molecule has 0 radical (unpaired) electrons. The summed E-state index contributed by atoms with van der Waals surface area (Å²) in [6.07, 6.45) is 6.09. The van der Waals surface area contributed by atoms with Gasteiger partial charge in [0.05, 0.1) is 18.4 Å². The summed E-state index contributed by atoms with van der Waals surface area (Å²) < 4.78 is 5.87. The number of fused-ring (bicyclic) bond motifs is 1. The largest absolute Gasteiger partial charge is 0.487 e. The molecule has 0 spiro atoms. The van der Waals surface area contributed by atoms with Gasteiger partial charge in [0.1, 0.15) is 11.9 Å². The number of anilines is 1. The van der Waals surface area contributed by atoms with Gasteiger partial charge in [-0.1, -0.05) is 6.07 Å². The van der Waals surface area contributed by atoms with E-state index in [1.54, 1.807) is 17.3 Å². The van der Waals surface area contributed by atoms with Crippen molar-refractivity contribution in [3.63, 3.8) is 0 Å². The first-order valence-electron chi connectivity index (χ1n) is 7.98. The molecule has 3 aromatic rings. The lowest BCUT2D eigenvalue weighted by atomic mass is 10.2. The maximum Gasteiger partial charge on any atom is 0.321 e. The van der Waals surface area contributed by atoms with Gasteiger partial charge in [-0.2, -0.15) is 0 Å². The number of carbonyl (C=O) groups excluding carboxylic acids is 1. The zero-order chi connectivity index (χ0) is 16.4. The number of likely N-dealkylation sites (tertiary alicyclic amines) is 1. The SMILES string of the molecule is O=C(Nc1cccc2[nH]ccc12)N1CC[C@H](Oc2cccnc2)C1. The van der Waals surface area contributed by atoms with Crippen molar-refractivity contribution in [2.45, 2.75) is 12.5 Å². The summed E-state index contributed by atoms with van der Waals surface area (Å²) in [5.41, 5.74) is 1.82. The van der Waals surface area contributed by atoms with Gasteiger partial charge in [-0.15, -0.1) is 0 Å². The number of urea groups is 1. The summed E-state index contributed by atoms with van der Waals surface area (Å²) in [5.74, 6) is 0.738. The number of hydrogen-bond donors (Lipinski definition) is 2. The molecule has 0 bridgehead atoms. The van der Waals surface area contributed by atoms with Gasteiger partial charge in [0.15, 0.2) is 0 Å². The number of rotatable bonds is 3. The van der Waals surface area contributed by atoms with Gasteiger partial charge in [0.25, 0.3) is 0 Å². The smallest absolute Gasteiger partial charge is 0.321 e. The molecule has 2 amide bonds. The summed E-state index contributed by atoms with van der Waals surface area (Å²) in [6, 6.07) is 11.4. The molecule has 2 N–H and O–H groups in total. The molecule has 1 atom stereocenters. The van der Waals surface area contributed by atoms with Crippen molar-refractivity contribution in [3.05, 3.63) is 55.0 Å². The van der Waals surface area contributed by atoms with Crippen LogP contribution in [0.1, 0.15) is 6.42 Å². The maximum absolute atomic E-state index is 12.5. The number of amides is 2. The van der Waals surface area contributed by atoms with Crippen LogP contribution in [0.2, 0.25) is 0 Å². The van der Waals surface area contributed by atoms with Crippen LogP contribution in [-0.2, 0) is 0 Å². The Morgan fingerprint density at radius 1 is 1.29 bits per heavy atom. The number of carbonyl (C=O) groups is 1. The minimum atomic E-state index is -0.0963. The summed E-state index contributed by atoms with van der Waals surface area (Å²) >= 11 is 0. The maximum atomic E-state index is 12.5. The highest BCUT2D eigenvalue weighted by Crippen LogP contribution is 2.23. The number of nitrogens with zero attached hydrogens (tertiary/aromatic N) is 2. The molecule has 6 heteroatoms. The number of ether oxygens (including phenoxy) is 1. The van der Waals surface area contributed by atoms with Gasteiger partial charge in [-0.05, 0) is 30.3 Å². The molecular weight excluding hydrogens is 304 g/mol. The van der Waals surface area contributed by atoms with Crippen LogP contribution in [0.25, 0.3) is 10.9 Å². The quantitative estimate of drug-likeness (QED) is 0.777. The van der Waals surface area contributed by atoms with Gasteiger partial charge in [0.2, 0.25) is 0 Å². The van der Waals surface area contributed by atoms with Crippen molar-refractivity contribution >= 4 is 22.6 Å². The second-order valence-electron chi connectivity index (χ2n) is 5.84. The van der Waals surface area contributed by atoms with E-state index in [0.717, 1.165) is 28.8 Å². The van der Waals surface area contributed by atoms with Crippen LogP contribution in [0.15, 0.2) is 55.0 Å². The van der Waals surface area contributed by atoms with Crippen LogP contribution in [0.4, 0.5) is 10.5 Å². The summed E-state index contributed by atoms with van der Waals surface area (Å²) in [7, 11) is 0. The molecule has 122 valence electrons. The number of nitrogens with one attached hydrogen (secondary N) is 2. The first-order chi connectivity index (χ1) is 11.8. The number of aromatic amines is 1. The third kappa shape index (κ3) is 2.90. The van der Waals surface area contributed by atoms with E-state index in [2.05, 4.69) is 15.3 Å². The monoisotopic (exact) mass is 322 g/mol. The van der Waals surface area contributed by atoms with E-state index in [1.165, 1.54) is 0 Å². The Balaban J connectivity index is 1.40. The minimum absolute atomic E-state index is 0.00278. The van der Waals surface area contributed by atoms with Crippen LogP contribution < -0.4 is 10.1 Å². The highest BCUT2D eigenvalue weighted by atomic mass is 16.5. The second kappa shape index (κ2) is 6.23. The second-order valence-corrected chi connectivity index (χ2v) is 5.84. The molecule has 4 rings (SSSR count). The Morgan fingerprint density at radius 2 is 2.25 bits per heavy atom. The van der Waals surface area contributed by atoms with Crippen molar-refractivity contribution in [2.24, 2.45) is 0 Å². The predicted molar refractivity (Wildman–Crippen MR) is 92.2 cm³/mol. The van der Waals surface area contributed by atoms with Gasteiger partial charge in [0, 0.05) is 36.3 Å². The predicted octanol–water partition coefficient (Wildman–Crippen LogP) is 3.25. The number of benzene rings is 1.